The molecule has 0 spiro atoms. The van der Waals surface area contributed by atoms with Crippen LogP contribution in [0.3, 0.4) is 0 Å². The van der Waals surface area contributed by atoms with E-state index in [0.717, 1.165) is 25.8 Å². The predicted octanol–water partition coefficient (Wildman–Crippen LogP) is 1.14. The Hall–Kier alpha value is -1.10. The van der Waals surface area contributed by atoms with Gasteiger partial charge in [0.15, 0.2) is 0 Å². The van der Waals surface area contributed by atoms with Crippen molar-refractivity contribution in [2.24, 2.45) is 5.41 Å². The maximum atomic E-state index is 12.4. The van der Waals surface area contributed by atoms with E-state index in [0.29, 0.717) is 13.0 Å². The van der Waals surface area contributed by atoms with Crippen molar-refractivity contribution < 1.29 is 14.7 Å². The molecule has 3 N–H and O–H groups in total. The van der Waals surface area contributed by atoms with Gasteiger partial charge >= 0.3 is 5.97 Å². The highest BCUT2D eigenvalue weighted by Crippen LogP contribution is 2.31. The van der Waals surface area contributed by atoms with Crippen LogP contribution in [0.5, 0.6) is 0 Å². The van der Waals surface area contributed by atoms with Crippen molar-refractivity contribution in [1.82, 2.24) is 10.6 Å². The zero-order chi connectivity index (χ0) is 13.6. The number of hydrogen-bond acceptors (Lipinski definition) is 3. The lowest BCUT2D eigenvalue weighted by Gasteiger charge is -2.28. The molecule has 0 aliphatic carbocycles. The second-order valence-electron chi connectivity index (χ2n) is 5.13. The molecule has 0 saturated carbocycles. The van der Waals surface area contributed by atoms with Crippen molar-refractivity contribution in [3.63, 3.8) is 0 Å². The highest BCUT2D eigenvalue weighted by Gasteiger charge is 2.40. The van der Waals surface area contributed by atoms with Crippen molar-refractivity contribution in [2.45, 2.75) is 52.0 Å². The molecule has 0 aromatic carbocycles. The Kier molecular flexibility index (Phi) is 5.59. The highest BCUT2D eigenvalue weighted by atomic mass is 16.4. The van der Waals surface area contributed by atoms with Gasteiger partial charge in [0, 0.05) is 12.6 Å². The highest BCUT2D eigenvalue weighted by molar-refractivity contribution is 5.84. The molecule has 1 aliphatic heterocycles. The van der Waals surface area contributed by atoms with Gasteiger partial charge in [0.05, 0.1) is 11.8 Å². The predicted molar refractivity (Wildman–Crippen MR) is 69.3 cm³/mol. The summed E-state index contributed by atoms with van der Waals surface area (Å²) >= 11 is 0. The molecule has 5 nitrogen and oxygen atoms in total. The van der Waals surface area contributed by atoms with Gasteiger partial charge in [-0.1, -0.05) is 20.3 Å². The standard InChI is InChI=1S/C13H24N2O3/c1-3-5-13(6-7-14-9-13)12(18)15-10(4-2)8-11(16)17/h10,14H,3-9H2,1-2H3,(H,15,18)(H,16,17). The number of amides is 1. The number of carboxylic acids is 1. The van der Waals surface area contributed by atoms with Gasteiger partial charge in [0.1, 0.15) is 0 Å². The maximum Gasteiger partial charge on any atom is 0.305 e. The van der Waals surface area contributed by atoms with Gasteiger partial charge in [-0.2, -0.15) is 0 Å². The monoisotopic (exact) mass is 256 g/mol. The fraction of sp³-hybridized carbons (Fsp3) is 0.846. The zero-order valence-electron chi connectivity index (χ0n) is 11.3. The molecule has 1 heterocycles. The number of carboxylic acid groups (broad SMARTS) is 1. The van der Waals surface area contributed by atoms with Gasteiger partial charge in [-0.25, -0.2) is 0 Å². The average molecular weight is 256 g/mol. The Balaban J connectivity index is 2.63. The Morgan fingerprint density at radius 2 is 2.17 bits per heavy atom. The van der Waals surface area contributed by atoms with E-state index in [9.17, 15) is 9.59 Å². The van der Waals surface area contributed by atoms with Crippen LogP contribution in [0, 0.1) is 5.41 Å². The third-order valence-corrected chi connectivity index (χ3v) is 3.70. The van der Waals surface area contributed by atoms with E-state index < -0.39 is 5.97 Å². The minimum atomic E-state index is -0.865. The van der Waals surface area contributed by atoms with E-state index in [1.165, 1.54) is 0 Å². The molecule has 1 aliphatic rings. The summed E-state index contributed by atoms with van der Waals surface area (Å²) in [6, 6.07) is -0.260. The first-order chi connectivity index (χ1) is 8.54. The average Bonchev–Trinajstić information content (AvgIpc) is 2.78. The van der Waals surface area contributed by atoms with Gasteiger partial charge in [-0.05, 0) is 25.8 Å². The summed E-state index contributed by atoms with van der Waals surface area (Å²) in [5, 5.41) is 14.9. The van der Waals surface area contributed by atoms with E-state index in [1.807, 2.05) is 6.92 Å². The number of nitrogens with one attached hydrogen (secondary N) is 2. The second-order valence-corrected chi connectivity index (χ2v) is 5.13. The van der Waals surface area contributed by atoms with Gasteiger partial charge in [0.25, 0.3) is 0 Å². The third-order valence-electron chi connectivity index (χ3n) is 3.70. The van der Waals surface area contributed by atoms with E-state index in [1.54, 1.807) is 0 Å². The van der Waals surface area contributed by atoms with Gasteiger partial charge in [-0.15, -0.1) is 0 Å². The third kappa shape index (κ3) is 3.70. The largest absolute Gasteiger partial charge is 0.481 e. The normalized spacial score (nSPS) is 24.8. The summed E-state index contributed by atoms with van der Waals surface area (Å²) in [5.41, 5.74) is -0.333. The lowest BCUT2D eigenvalue weighted by atomic mass is 9.81. The Labute approximate surface area is 108 Å². The molecule has 0 aromatic rings. The van der Waals surface area contributed by atoms with Gasteiger partial charge in [0.2, 0.25) is 5.91 Å². The molecular weight excluding hydrogens is 232 g/mol. The minimum Gasteiger partial charge on any atom is -0.481 e. The first-order valence-electron chi connectivity index (χ1n) is 6.77. The minimum absolute atomic E-state index is 0.00211. The summed E-state index contributed by atoms with van der Waals surface area (Å²) in [6.07, 6.45) is 3.31. The zero-order valence-corrected chi connectivity index (χ0v) is 11.3. The van der Waals surface area contributed by atoms with Crippen LogP contribution >= 0.6 is 0 Å². The van der Waals surface area contributed by atoms with Gasteiger partial charge < -0.3 is 15.7 Å². The fourth-order valence-corrected chi connectivity index (χ4v) is 2.59. The molecule has 5 heteroatoms. The summed E-state index contributed by atoms with van der Waals surface area (Å²) in [7, 11) is 0. The molecule has 2 atom stereocenters. The van der Waals surface area contributed by atoms with Crippen LogP contribution in [-0.2, 0) is 9.59 Å². The molecular formula is C13H24N2O3. The van der Waals surface area contributed by atoms with E-state index in [4.69, 9.17) is 5.11 Å². The van der Waals surface area contributed by atoms with Crippen LogP contribution in [0.1, 0.15) is 46.0 Å². The number of carbonyl (C=O) groups is 2. The summed E-state index contributed by atoms with van der Waals surface area (Å²) in [4.78, 5) is 23.1. The first kappa shape index (κ1) is 15.0. The quantitative estimate of drug-likeness (QED) is 0.638. The Morgan fingerprint density at radius 1 is 1.44 bits per heavy atom. The molecule has 0 radical (unpaired) electrons. The van der Waals surface area contributed by atoms with Crippen molar-refractivity contribution in [2.75, 3.05) is 13.1 Å². The number of rotatable bonds is 7. The number of carbonyl (C=O) groups excluding carboxylic acids is 1. The van der Waals surface area contributed by atoms with Crippen molar-refractivity contribution in [3.8, 4) is 0 Å². The van der Waals surface area contributed by atoms with Crippen molar-refractivity contribution in [3.05, 3.63) is 0 Å². The van der Waals surface area contributed by atoms with Gasteiger partial charge in [-0.3, -0.25) is 9.59 Å². The van der Waals surface area contributed by atoms with Crippen LogP contribution in [0.4, 0.5) is 0 Å². The lowest BCUT2D eigenvalue weighted by Crippen LogP contribution is -2.47. The smallest absolute Gasteiger partial charge is 0.305 e. The molecule has 1 rings (SSSR count). The van der Waals surface area contributed by atoms with E-state index in [2.05, 4.69) is 17.6 Å². The topological polar surface area (TPSA) is 78.4 Å². The van der Waals surface area contributed by atoms with Crippen LogP contribution in [0.15, 0.2) is 0 Å². The summed E-state index contributed by atoms with van der Waals surface area (Å²) < 4.78 is 0. The maximum absolute atomic E-state index is 12.4. The van der Waals surface area contributed by atoms with E-state index in [-0.39, 0.29) is 23.8 Å². The molecule has 1 saturated heterocycles. The Bertz CT molecular complexity index is 299. The molecule has 0 bridgehead atoms. The van der Waals surface area contributed by atoms with E-state index >= 15 is 0 Å². The van der Waals surface area contributed by atoms with Crippen molar-refractivity contribution in [1.29, 1.82) is 0 Å². The molecule has 1 amide bonds. The number of aliphatic carboxylic acids is 1. The molecule has 18 heavy (non-hydrogen) atoms. The molecule has 2 unspecified atom stereocenters. The summed E-state index contributed by atoms with van der Waals surface area (Å²) in [6.45, 7) is 5.54. The van der Waals surface area contributed by atoms with Crippen LogP contribution < -0.4 is 10.6 Å². The van der Waals surface area contributed by atoms with Crippen molar-refractivity contribution >= 4 is 11.9 Å². The number of hydrogen-bond donors (Lipinski definition) is 3. The lowest BCUT2D eigenvalue weighted by molar-refractivity contribution is -0.138. The second kappa shape index (κ2) is 6.73. The molecule has 104 valence electrons. The Morgan fingerprint density at radius 3 is 2.61 bits per heavy atom. The van der Waals surface area contributed by atoms with Crippen LogP contribution in [0.2, 0.25) is 0 Å². The molecule has 0 aromatic heterocycles. The first-order valence-corrected chi connectivity index (χ1v) is 6.77. The SMILES string of the molecule is CCCC1(C(=O)NC(CC)CC(=O)O)CCNC1. The van der Waals surface area contributed by atoms with Crippen LogP contribution in [0.25, 0.3) is 0 Å². The fourth-order valence-electron chi connectivity index (χ4n) is 2.59. The summed E-state index contributed by atoms with van der Waals surface area (Å²) in [5.74, 6) is -0.848. The molecule has 1 fully saturated rings. The van der Waals surface area contributed by atoms with Crippen LogP contribution in [-0.4, -0.2) is 36.1 Å².